The second kappa shape index (κ2) is 4.76. The van der Waals surface area contributed by atoms with E-state index in [1.807, 2.05) is 24.3 Å². The molecule has 0 spiro atoms. The summed E-state index contributed by atoms with van der Waals surface area (Å²) in [4.78, 5) is 27.7. The molecule has 0 N–H and O–H groups in total. The minimum atomic E-state index is -0.361. The Morgan fingerprint density at radius 1 is 1.00 bits per heavy atom. The highest BCUT2D eigenvalue weighted by atomic mass is 16.2. The van der Waals surface area contributed by atoms with Crippen molar-refractivity contribution >= 4 is 11.6 Å². The van der Waals surface area contributed by atoms with Gasteiger partial charge in [0.05, 0.1) is 0 Å². The van der Waals surface area contributed by atoms with Gasteiger partial charge in [0.15, 0.2) is 0 Å². The molecule has 0 saturated heterocycles. The molecule has 3 heteroatoms. The molecule has 1 aromatic carbocycles. The lowest BCUT2D eigenvalue weighted by molar-refractivity contribution is -0.116. The van der Waals surface area contributed by atoms with Crippen molar-refractivity contribution < 1.29 is 9.59 Å². The van der Waals surface area contributed by atoms with E-state index in [2.05, 4.69) is 4.98 Å². The van der Waals surface area contributed by atoms with Crippen LogP contribution in [0.5, 0.6) is 0 Å². The van der Waals surface area contributed by atoms with Gasteiger partial charge in [0, 0.05) is 23.9 Å². The van der Waals surface area contributed by atoms with Crippen molar-refractivity contribution in [3.05, 3.63) is 54.4 Å². The van der Waals surface area contributed by atoms with Gasteiger partial charge in [-0.3, -0.25) is 14.6 Å². The fraction of sp³-hybridized carbons (Fsp3) is 0.188. The summed E-state index contributed by atoms with van der Waals surface area (Å²) in [7, 11) is 0. The maximum absolute atomic E-state index is 11.9. The first kappa shape index (κ1) is 11.8. The van der Waals surface area contributed by atoms with Crippen LogP contribution < -0.4 is 0 Å². The first-order chi connectivity index (χ1) is 9.25. The number of ketones is 2. The van der Waals surface area contributed by atoms with Gasteiger partial charge in [0.1, 0.15) is 0 Å². The average molecular weight is 251 g/mol. The summed E-state index contributed by atoms with van der Waals surface area (Å²) in [5, 5.41) is 0. The van der Waals surface area contributed by atoms with E-state index in [1.165, 1.54) is 0 Å². The van der Waals surface area contributed by atoms with Gasteiger partial charge in [0.2, 0.25) is 11.6 Å². The van der Waals surface area contributed by atoms with Crippen LogP contribution in [0, 0.1) is 5.92 Å². The van der Waals surface area contributed by atoms with Crippen molar-refractivity contribution in [1.82, 2.24) is 4.98 Å². The number of hydrogen-bond acceptors (Lipinski definition) is 3. The van der Waals surface area contributed by atoms with Crippen LogP contribution in [0.1, 0.15) is 23.2 Å². The van der Waals surface area contributed by atoms with Gasteiger partial charge >= 0.3 is 0 Å². The fourth-order valence-corrected chi connectivity index (χ4v) is 2.02. The second-order valence-corrected chi connectivity index (χ2v) is 4.79. The van der Waals surface area contributed by atoms with E-state index in [-0.39, 0.29) is 17.5 Å². The molecular formula is C16H13NO2. The van der Waals surface area contributed by atoms with Crippen molar-refractivity contribution in [3.8, 4) is 11.1 Å². The summed E-state index contributed by atoms with van der Waals surface area (Å²) in [6.07, 6.45) is 5.21. The molecule has 19 heavy (non-hydrogen) atoms. The number of benzene rings is 1. The number of aromatic nitrogens is 1. The van der Waals surface area contributed by atoms with E-state index in [1.54, 1.807) is 24.5 Å². The molecule has 1 heterocycles. The molecule has 0 amide bonds. The predicted octanol–water partition coefficient (Wildman–Crippen LogP) is 2.91. The van der Waals surface area contributed by atoms with E-state index in [0.717, 1.165) is 24.0 Å². The molecule has 0 bridgehead atoms. The van der Waals surface area contributed by atoms with Crippen molar-refractivity contribution in [1.29, 1.82) is 0 Å². The highest BCUT2D eigenvalue weighted by molar-refractivity contribution is 6.44. The topological polar surface area (TPSA) is 47.0 Å². The third-order valence-electron chi connectivity index (χ3n) is 3.31. The number of rotatable bonds is 4. The lowest BCUT2D eigenvalue weighted by Gasteiger charge is -2.03. The van der Waals surface area contributed by atoms with Gasteiger partial charge in [-0.1, -0.05) is 30.3 Å². The van der Waals surface area contributed by atoms with Crippen molar-refractivity contribution in [2.24, 2.45) is 5.92 Å². The van der Waals surface area contributed by atoms with Crippen molar-refractivity contribution in [2.45, 2.75) is 12.8 Å². The molecule has 0 unspecified atom stereocenters. The molecule has 3 nitrogen and oxygen atoms in total. The molecular weight excluding hydrogens is 238 g/mol. The molecule has 1 saturated carbocycles. The van der Waals surface area contributed by atoms with Crippen LogP contribution in [-0.2, 0) is 4.79 Å². The Labute approximate surface area is 111 Å². The smallest absolute Gasteiger partial charge is 0.228 e. The third kappa shape index (κ3) is 2.45. The Morgan fingerprint density at radius 3 is 2.32 bits per heavy atom. The standard InChI is InChI=1S/C16H13NO2/c18-15(16(19)13-7-8-13)12-5-3-11(4-6-12)14-2-1-9-17-10-14/h1-6,9-10,13H,7-8H2. The quantitative estimate of drug-likeness (QED) is 0.620. The zero-order valence-electron chi connectivity index (χ0n) is 10.4. The second-order valence-electron chi connectivity index (χ2n) is 4.79. The highest BCUT2D eigenvalue weighted by Gasteiger charge is 2.34. The summed E-state index contributed by atoms with van der Waals surface area (Å²) in [6, 6.07) is 11.0. The van der Waals surface area contributed by atoms with Gasteiger partial charge in [-0.2, -0.15) is 0 Å². The minimum absolute atomic E-state index is 0.0227. The number of carbonyl (C=O) groups excluding carboxylic acids is 2. The van der Waals surface area contributed by atoms with Crippen molar-refractivity contribution in [3.63, 3.8) is 0 Å². The summed E-state index contributed by atoms with van der Waals surface area (Å²) in [5.41, 5.74) is 2.46. The summed E-state index contributed by atoms with van der Waals surface area (Å²) >= 11 is 0. The number of hydrogen-bond donors (Lipinski definition) is 0. The summed E-state index contributed by atoms with van der Waals surface area (Å²) in [6.45, 7) is 0. The molecule has 0 atom stereocenters. The highest BCUT2D eigenvalue weighted by Crippen LogP contribution is 2.31. The van der Waals surface area contributed by atoms with Crippen LogP contribution in [0.3, 0.4) is 0 Å². The molecule has 0 aliphatic heterocycles. The minimum Gasteiger partial charge on any atom is -0.290 e. The Kier molecular flexibility index (Phi) is 2.95. The summed E-state index contributed by atoms with van der Waals surface area (Å²) in [5.74, 6) is -0.625. The molecule has 1 aromatic heterocycles. The van der Waals surface area contributed by atoms with Crippen LogP contribution in [0.2, 0.25) is 0 Å². The number of pyridine rings is 1. The third-order valence-corrected chi connectivity index (χ3v) is 3.31. The SMILES string of the molecule is O=C(C(=O)C1CC1)c1ccc(-c2cccnc2)cc1. The lowest BCUT2D eigenvalue weighted by Crippen LogP contribution is -2.15. The zero-order valence-corrected chi connectivity index (χ0v) is 10.4. The van der Waals surface area contributed by atoms with E-state index in [9.17, 15) is 9.59 Å². The van der Waals surface area contributed by atoms with E-state index >= 15 is 0 Å². The fourth-order valence-electron chi connectivity index (χ4n) is 2.02. The van der Waals surface area contributed by atoms with Gasteiger partial charge in [-0.15, -0.1) is 0 Å². The average Bonchev–Trinajstić information content (AvgIpc) is 3.31. The summed E-state index contributed by atoms with van der Waals surface area (Å²) < 4.78 is 0. The van der Waals surface area contributed by atoms with Gasteiger partial charge in [-0.25, -0.2) is 0 Å². The van der Waals surface area contributed by atoms with Crippen LogP contribution in [-0.4, -0.2) is 16.6 Å². The van der Waals surface area contributed by atoms with Gasteiger partial charge < -0.3 is 0 Å². The lowest BCUT2D eigenvalue weighted by atomic mass is 10.0. The molecule has 1 fully saturated rings. The number of nitrogens with zero attached hydrogens (tertiary/aromatic N) is 1. The predicted molar refractivity (Wildman–Crippen MR) is 71.7 cm³/mol. The van der Waals surface area contributed by atoms with Crippen LogP contribution >= 0.6 is 0 Å². The number of carbonyl (C=O) groups is 2. The van der Waals surface area contributed by atoms with Crippen molar-refractivity contribution in [2.75, 3.05) is 0 Å². The van der Waals surface area contributed by atoms with Gasteiger partial charge in [0.25, 0.3) is 0 Å². The number of Topliss-reactive ketones (excluding diaryl/α,β-unsaturated/α-hetero) is 2. The van der Waals surface area contributed by atoms with E-state index in [0.29, 0.717) is 5.56 Å². The molecule has 0 radical (unpaired) electrons. The molecule has 2 aromatic rings. The molecule has 1 aliphatic rings. The molecule has 1 aliphatic carbocycles. The zero-order chi connectivity index (χ0) is 13.2. The Morgan fingerprint density at radius 2 is 1.74 bits per heavy atom. The Hall–Kier alpha value is -2.29. The first-order valence-corrected chi connectivity index (χ1v) is 6.35. The van der Waals surface area contributed by atoms with Gasteiger partial charge in [-0.05, 0) is 30.0 Å². The van der Waals surface area contributed by atoms with E-state index < -0.39 is 0 Å². The molecule has 3 rings (SSSR count). The molecule has 94 valence electrons. The maximum Gasteiger partial charge on any atom is 0.228 e. The normalized spacial score (nSPS) is 14.1. The maximum atomic E-state index is 11.9. The Balaban J connectivity index is 1.83. The van der Waals surface area contributed by atoms with Crippen LogP contribution in [0.25, 0.3) is 11.1 Å². The monoisotopic (exact) mass is 251 g/mol. The Bertz CT molecular complexity index is 613. The van der Waals surface area contributed by atoms with E-state index in [4.69, 9.17) is 0 Å². The largest absolute Gasteiger partial charge is 0.290 e. The van der Waals surface area contributed by atoms with Crippen LogP contribution in [0.4, 0.5) is 0 Å². The first-order valence-electron chi connectivity index (χ1n) is 6.35. The van der Waals surface area contributed by atoms with Crippen LogP contribution in [0.15, 0.2) is 48.8 Å².